The summed E-state index contributed by atoms with van der Waals surface area (Å²) < 4.78 is 0. The lowest BCUT2D eigenvalue weighted by Crippen LogP contribution is -2.36. The van der Waals surface area contributed by atoms with Crippen molar-refractivity contribution in [1.82, 2.24) is 5.32 Å². The number of benzene rings is 1. The molecule has 1 unspecified atom stereocenters. The average Bonchev–Trinajstić information content (AvgIpc) is 2.43. The lowest BCUT2D eigenvalue weighted by Gasteiger charge is -2.19. The second-order valence-corrected chi connectivity index (χ2v) is 5.76. The Morgan fingerprint density at radius 2 is 1.90 bits per heavy atom. The monoisotopic (exact) mass is 291 g/mol. The van der Waals surface area contributed by atoms with Crippen molar-refractivity contribution in [2.75, 3.05) is 24.3 Å². The van der Waals surface area contributed by atoms with Crippen molar-refractivity contribution in [3.05, 3.63) is 24.3 Å². The topological polar surface area (TPSA) is 44.4 Å². The van der Waals surface area contributed by atoms with Crippen LogP contribution >= 0.6 is 0 Å². The maximum atomic E-state index is 12.0. The molecule has 0 saturated heterocycles. The second kappa shape index (κ2) is 9.27. The summed E-state index contributed by atoms with van der Waals surface area (Å²) in [7, 11) is 3.93. The average molecular weight is 291 g/mol. The Labute approximate surface area is 128 Å². The van der Waals surface area contributed by atoms with Gasteiger partial charge in [0.2, 0.25) is 0 Å². The zero-order valence-corrected chi connectivity index (χ0v) is 13.8. The highest BCUT2D eigenvalue weighted by molar-refractivity contribution is 5.93. The van der Waals surface area contributed by atoms with Crippen LogP contribution in [0.15, 0.2) is 24.3 Å². The van der Waals surface area contributed by atoms with Crippen LogP contribution in [-0.2, 0) is 0 Å². The summed E-state index contributed by atoms with van der Waals surface area (Å²) in [6.45, 7) is 4.26. The lowest BCUT2D eigenvalue weighted by molar-refractivity contribution is 0.248. The number of nitrogens with one attached hydrogen (secondary N) is 2. The Morgan fingerprint density at radius 3 is 2.57 bits per heavy atom. The van der Waals surface area contributed by atoms with E-state index in [9.17, 15) is 4.79 Å². The molecule has 4 nitrogen and oxygen atoms in total. The molecule has 1 rings (SSSR count). The van der Waals surface area contributed by atoms with Gasteiger partial charge in [-0.25, -0.2) is 4.79 Å². The Bertz CT molecular complexity index is 432. The van der Waals surface area contributed by atoms with E-state index < -0.39 is 0 Å². The van der Waals surface area contributed by atoms with Crippen LogP contribution in [0.5, 0.6) is 0 Å². The van der Waals surface area contributed by atoms with Crippen LogP contribution in [0.25, 0.3) is 0 Å². The summed E-state index contributed by atoms with van der Waals surface area (Å²) in [5.74, 6) is 0. The molecule has 1 atom stereocenters. The molecule has 0 fully saturated rings. The van der Waals surface area contributed by atoms with Crippen LogP contribution in [0.1, 0.15) is 46.0 Å². The van der Waals surface area contributed by atoms with E-state index in [2.05, 4.69) is 24.5 Å². The van der Waals surface area contributed by atoms with E-state index in [0.717, 1.165) is 17.8 Å². The molecule has 0 radical (unpaired) electrons. The molecule has 118 valence electrons. The summed E-state index contributed by atoms with van der Waals surface area (Å²) in [6.07, 6.45) is 5.96. The molecule has 0 aliphatic heterocycles. The first kappa shape index (κ1) is 17.3. The van der Waals surface area contributed by atoms with Crippen LogP contribution in [-0.4, -0.2) is 26.2 Å². The number of nitrogens with zero attached hydrogens (tertiary/aromatic N) is 1. The number of para-hydroxylation sites is 2. The number of amides is 2. The molecular formula is C17H29N3O. The molecule has 1 aromatic carbocycles. The molecule has 0 bridgehead atoms. The molecule has 1 aromatic rings. The van der Waals surface area contributed by atoms with Gasteiger partial charge < -0.3 is 15.5 Å². The van der Waals surface area contributed by atoms with Crippen molar-refractivity contribution in [2.45, 2.75) is 52.0 Å². The third-order valence-electron chi connectivity index (χ3n) is 3.50. The summed E-state index contributed by atoms with van der Waals surface area (Å²) in [5.41, 5.74) is 1.83. The highest BCUT2D eigenvalue weighted by Crippen LogP contribution is 2.23. The van der Waals surface area contributed by atoms with E-state index >= 15 is 0 Å². The van der Waals surface area contributed by atoms with Crippen molar-refractivity contribution in [3.8, 4) is 0 Å². The molecule has 0 saturated carbocycles. The van der Waals surface area contributed by atoms with E-state index in [1.807, 2.05) is 43.3 Å². The SMILES string of the molecule is CCCCCCC(C)NC(=O)Nc1ccccc1N(C)C. The number of unbranched alkanes of at least 4 members (excludes halogenated alkanes) is 3. The first-order valence-electron chi connectivity index (χ1n) is 7.88. The minimum atomic E-state index is -0.132. The van der Waals surface area contributed by atoms with Gasteiger partial charge in [0, 0.05) is 20.1 Å². The molecule has 0 heterocycles. The van der Waals surface area contributed by atoms with E-state index in [0.29, 0.717) is 0 Å². The minimum absolute atomic E-state index is 0.132. The zero-order valence-electron chi connectivity index (χ0n) is 13.8. The number of urea groups is 1. The number of hydrogen-bond acceptors (Lipinski definition) is 2. The zero-order chi connectivity index (χ0) is 15.7. The van der Waals surface area contributed by atoms with Crippen molar-refractivity contribution in [1.29, 1.82) is 0 Å². The fourth-order valence-electron chi connectivity index (χ4n) is 2.30. The van der Waals surface area contributed by atoms with Crippen LogP contribution in [0.4, 0.5) is 16.2 Å². The molecule has 0 aliphatic rings. The van der Waals surface area contributed by atoms with Gasteiger partial charge in [0.15, 0.2) is 0 Å². The first-order chi connectivity index (χ1) is 10.0. The van der Waals surface area contributed by atoms with Gasteiger partial charge in [-0.15, -0.1) is 0 Å². The van der Waals surface area contributed by atoms with Crippen molar-refractivity contribution < 1.29 is 4.79 Å². The minimum Gasteiger partial charge on any atom is -0.376 e. The number of anilines is 2. The van der Waals surface area contributed by atoms with Crippen molar-refractivity contribution >= 4 is 17.4 Å². The Balaban J connectivity index is 2.43. The number of hydrogen-bond donors (Lipinski definition) is 2. The van der Waals surface area contributed by atoms with Gasteiger partial charge in [-0.2, -0.15) is 0 Å². The largest absolute Gasteiger partial charge is 0.376 e. The highest BCUT2D eigenvalue weighted by atomic mass is 16.2. The molecule has 0 spiro atoms. The summed E-state index contributed by atoms with van der Waals surface area (Å²) in [4.78, 5) is 14.0. The van der Waals surface area contributed by atoms with E-state index in [-0.39, 0.29) is 12.1 Å². The van der Waals surface area contributed by atoms with Crippen LogP contribution in [0, 0.1) is 0 Å². The maximum absolute atomic E-state index is 12.0. The van der Waals surface area contributed by atoms with Gasteiger partial charge in [-0.3, -0.25) is 0 Å². The maximum Gasteiger partial charge on any atom is 0.319 e. The van der Waals surface area contributed by atoms with E-state index in [1.165, 1.54) is 25.7 Å². The van der Waals surface area contributed by atoms with Crippen molar-refractivity contribution in [2.24, 2.45) is 0 Å². The molecule has 4 heteroatoms. The smallest absolute Gasteiger partial charge is 0.319 e. The quantitative estimate of drug-likeness (QED) is 0.704. The predicted octanol–water partition coefficient (Wildman–Crippen LogP) is 4.23. The number of carbonyl (C=O) groups excluding carboxylic acids is 1. The van der Waals surface area contributed by atoms with Crippen LogP contribution in [0.2, 0.25) is 0 Å². The molecule has 21 heavy (non-hydrogen) atoms. The molecule has 2 N–H and O–H groups in total. The van der Waals surface area contributed by atoms with Crippen LogP contribution in [0.3, 0.4) is 0 Å². The predicted molar refractivity (Wildman–Crippen MR) is 91.1 cm³/mol. The van der Waals surface area contributed by atoms with Crippen LogP contribution < -0.4 is 15.5 Å². The van der Waals surface area contributed by atoms with Gasteiger partial charge in [0.25, 0.3) is 0 Å². The third kappa shape index (κ3) is 6.52. The fraction of sp³-hybridized carbons (Fsp3) is 0.588. The van der Waals surface area contributed by atoms with Gasteiger partial charge in [-0.05, 0) is 25.5 Å². The Morgan fingerprint density at radius 1 is 1.19 bits per heavy atom. The van der Waals surface area contributed by atoms with Gasteiger partial charge in [0.05, 0.1) is 11.4 Å². The summed E-state index contributed by atoms with van der Waals surface area (Å²) in [6, 6.07) is 7.87. The fourth-order valence-corrected chi connectivity index (χ4v) is 2.30. The number of rotatable bonds is 8. The summed E-state index contributed by atoms with van der Waals surface area (Å²) in [5, 5.41) is 5.94. The van der Waals surface area contributed by atoms with Gasteiger partial charge in [-0.1, -0.05) is 44.7 Å². The summed E-state index contributed by atoms with van der Waals surface area (Å²) >= 11 is 0. The molecule has 2 amide bonds. The van der Waals surface area contributed by atoms with E-state index in [4.69, 9.17) is 0 Å². The number of carbonyl (C=O) groups is 1. The standard InChI is InChI=1S/C17H29N3O/c1-5-6-7-8-11-14(2)18-17(21)19-15-12-9-10-13-16(15)20(3)4/h9-10,12-14H,5-8,11H2,1-4H3,(H2,18,19,21). The highest BCUT2D eigenvalue weighted by Gasteiger charge is 2.10. The molecule has 0 aliphatic carbocycles. The van der Waals surface area contributed by atoms with Gasteiger partial charge in [0.1, 0.15) is 0 Å². The second-order valence-electron chi connectivity index (χ2n) is 5.76. The molecular weight excluding hydrogens is 262 g/mol. The Kier molecular flexibility index (Phi) is 7.65. The van der Waals surface area contributed by atoms with E-state index in [1.54, 1.807) is 0 Å². The first-order valence-corrected chi connectivity index (χ1v) is 7.88. The van der Waals surface area contributed by atoms with Gasteiger partial charge >= 0.3 is 6.03 Å². The van der Waals surface area contributed by atoms with Crippen molar-refractivity contribution in [3.63, 3.8) is 0 Å². The third-order valence-corrected chi connectivity index (χ3v) is 3.50. The molecule has 0 aromatic heterocycles. The lowest BCUT2D eigenvalue weighted by atomic mass is 10.1. The normalized spacial score (nSPS) is 11.8. The Hall–Kier alpha value is -1.71.